The van der Waals surface area contributed by atoms with E-state index in [1.165, 1.54) is 0 Å². The molecule has 0 aliphatic carbocycles. The van der Waals surface area contributed by atoms with Gasteiger partial charge in [-0.15, -0.1) is 0 Å². The van der Waals surface area contributed by atoms with Crippen molar-refractivity contribution in [3.8, 4) is 11.5 Å². The summed E-state index contributed by atoms with van der Waals surface area (Å²) in [5.41, 5.74) is 6.37. The normalized spacial score (nSPS) is 19.2. The predicted molar refractivity (Wildman–Crippen MR) is 230 cm³/mol. The van der Waals surface area contributed by atoms with Gasteiger partial charge in [-0.3, -0.25) is 0 Å². The van der Waals surface area contributed by atoms with Crippen LogP contribution in [0.1, 0.15) is 52.0 Å². The third kappa shape index (κ3) is 10.9. The van der Waals surface area contributed by atoms with E-state index in [2.05, 4.69) is 15.9 Å². The highest BCUT2D eigenvalue weighted by Gasteiger charge is 2.50. The summed E-state index contributed by atoms with van der Waals surface area (Å²) in [5, 5.41) is 12.4. The van der Waals surface area contributed by atoms with Crippen LogP contribution in [0, 0.1) is 0 Å². The van der Waals surface area contributed by atoms with Gasteiger partial charge in [-0.2, -0.15) is 0 Å². The van der Waals surface area contributed by atoms with Gasteiger partial charge in [0.2, 0.25) is 0 Å². The highest BCUT2D eigenvalue weighted by atomic mass is 79.9. The zero-order valence-corrected chi connectivity index (χ0v) is 34.8. The number of rotatable bonds is 18. The van der Waals surface area contributed by atoms with E-state index in [1.807, 2.05) is 159 Å². The molecule has 1 aliphatic heterocycles. The minimum atomic E-state index is -0.820. The molecule has 9 heteroatoms. The zero-order valence-electron chi connectivity index (χ0n) is 32.4. The Morgan fingerprint density at radius 2 is 1.09 bits per heavy atom. The van der Waals surface area contributed by atoms with E-state index in [0.29, 0.717) is 47.9 Å². The highest BCUT2D eigenvalue weighted by molar-refractivity contribution is 9.10. The molecule has 0 bridgehead atoms. The standard InChI is InChI=1S/C49H48BrClO7/c1-2-54-40-25-23-34(24-26-40)27-39-28-41(45(52)43(50)44(39)51)46-48(56-31-37-19-11-5-12-20-37)49(57-32-38-21-13-6-14-22-38)47(55-30-36-17-9-4-10-18-36)42(58-46)33-53-29-35-15-7-3-8-16-35/h3-26,28,42,46-49,52H,2,27,29-33H2,1H3/t42-,46+,47-,48+,49+/m1/s1. The van der Waals surface area contributed by atoms with Crippen molar-refractivity contribution in [1.29, 1.82) is 0 Å². The molecular weight excluding hydrogens is 816 g/mol. The number of phenolic OH excluding ortho intramolecular Hbond substituents is 1. The summed E-state index contributed by atoms with van der Waals surface area (Å²) < 4.78 is 40.3. The Hall–Kier alpha value is -4.51. The molecule has 1 fully saturated rings. The van der Waals surface area contributed by atoms with E-state index in [0.717, 1.165) is 39.1 Å². The van der Waals surface area contributed by atoms with Crippen LogP contribution in [-0.4, -0.2) is 42.7 Å². The van der Waals surface area contributed by atoms with Crippen molar-refractivity contribution < 1.29 is 33.5 Å². The average Bonchev–Trinajstić information content (AvgIpc) is 3.27. The maximum absolute atomic E-state index is 12.0. The molecule has 1 aliphatic rings. The Kier molecular flexibility index (Phi) is 15.0. The Bertz CT molecular complexity index is 2140. The van der Waals surface area contributed by atoms with Crippen molar-refractivity contribution in [2.24, 2.45) is 0 Å². The summed E-state index contributed by atoms with van der Waals surface area (Å²) in [4.78, 5) is 0. The zero-order chi connectivity index (χ0) is 40.1. The van der Waals surface area contributed by atoms with Crippen LogP contribution >= 0.6 is 27.5 Å². The number of halogens is 2. The molecule has 1 N–H and O–H groups in total. The minimum Gasteiger partial charge on any atom is -0.506 e. The lowest BCUT2D eigenvalue weighted by atomic mass is 9.88. The first kappa shape index (κ1) is 41.6. The fourth-order valence-electron chi connectivity index (χ4n) is 7.17. The molecule has 6 aromatic rings. The first-order valence-electron chi connectivity index (χ1n) is 19.6. The first-order chi connectivity index (χ1) is 28.5. The van der Waals surface area contributed by atoms with E-state index >= 15 is 0 Å². The molecule has 0 spiro atoms. The third-order valence-corrected chi connectivity index (χ3v) is 11.5. The van der Waals surface area contributed by atoms with E-state index in [4.69, 9.17) is 40.0 Å². The Balaban J connectivity index is 1.29. The van der Waals surface area contributed by atoms with E-state index in [1.54, 1.807) is 0 Å². The van der Waals surface area contributed by atoms with Gasteiger partial charge in [0, 0.05) is 5.56 Å². The summed E-state index contributed by atoms with van der Waals surface area (Å²) in [6, 6.07) is 50.0. The molecule has 7 nitrogen and oxygen atoms in total. The van der Waals surface area contributed by atoms with Crippen molar-refractivity contribution in [3.05, 3.63) is 200 Å². The molecule has 300 valence electrons. The number of ether oxygens (including phenoxy) is 6. The third-order valence-electron chi connectivity index (χ3n) is 10.1. The van der Waals surface area contributed by atoms with Crippen LogP contribution in [0.5, 0.6) is 11.5 Å². The van der Waals surface area contributed by atoms with Gasteiger partial charge < -0.3 is 33.5 Å². The molecule has 0 amide bonds. The Morgan fingerprint density at radius 1 is 0.603 bits per heavy atom. The van der Waals surface area contributed by atoms with Crippen molar-refractivity contribution >= 4 is 27.5 Å². The minimum absolute atomic E-state index is 0.0341. The van der Waals surface area contributed by atoms with Crippen LogP contribution < -0.4 is 4.74 Å². The molecule has 6 aromatic carbocycles. The molecule has 0 unspecified atom stereocenters. The molecule has 58 heavy (non-hydrogen) atoms. The van der Waals surface area contributed by atoms with Crippen molar-refractivity contribution in [3.63, 3.8) is 0 Å². The molecule has 5 atom stereocenters. The lowest BCUT2D eigenvalue weighted by Gasteiger charge is -2.46. The van der Waals surface area contributed by atoms with Gasteiger partial charge in [-0.1, -0.05) is 145 Å². The molecule has 7 rings (SSSR count). The lowest BCUT2D eigenvalue weighted by Crippen LogP contribution is -2.58. The van der Waals surface area contributed by atoms with Crippen molar-refractivity contribution in [1.82, 2.24) is 0 Å². The number of benzene rings is 6. The monoisotopic (exact) mass is 862 g/mol. The summed E-state index contributed by atoms with van der Waals surface area (Å²) in [7, 11) is 0. The SMILES string of the molecule is CCOc1ccc(Cc2cc([C@@H]3O[C@H](COCc4ccccc4)[C@@H](OCc4ccccc4)[C@H](OCc4ccccc4)[C@H]3OCc3ccccc3)c(O)c(Br)c2Cl)cc1. The summed E-state index contributed by atoms with van der Waals surface area (Å²) in [6.07, 6.45) is -2.98. The molecule has 1 saturated heterocycles. The molecule has 0 saturated carbocycles. The molecule has 0 aromatic heterocycles. The van der Waals surface area contributed by atoms with Crippen LogP contribution in [0.2, 0.25) is 5.02 Å². The fourth-order valence-corrected chi connectivity index (χ4v) is 7.86. The fraction of sp³-hybridized carbons (Fsp3) is 0.265. The second-order valence-electron chi connectivity index (χ2n) is 14.2. The van der Waals surface area contributed by atoms with Crippen molar-refractivity contribution in [2.45, 2.75) is 70.3 Å². The summed E-state index contributed by atoms with van der Waals surface area (Å²) in [5.74, 6) is 0.762. The predicted octanol–water partition coefficient (Wildman–Crippen LogP) is 11.2. The second-order valence-corrected chi connectivity index (χ2v) is 15.4. The van der Waals surface area contributed by atoms with Gasteiger partial charge in [-0.25, -0.2) is 0 Å². The Labute approximate surface area is 354 Å². The number of hydrogen-bond acceptors (Lipinski definition) is 7. The number of aromatic hydroxyl groups is 1. The van der Waals surface area contributed by atoms with E-state index < -0.39 is 30.5 Å². The lowest BCUT2D eigenvalue weighted by molar-refractivity contribution is -0.275. The number of phenols is 1. The second kappa shape index (κ2) is 21.0. The summed E-state index contributed by atoms with van der Waals surface area (Å²) >= 11 is 10.6. The van der Waals surface area contributed by atoms with Gasteiger partial charge in [0.25, 0.3) is 0 Å². The van der Waals surface area contributed by atoms with Gasteiger partial charge >= 0.3 is 0 Å². The van der Waals surface area contributed by atoms with Gasteiger partial charge in [0.05, 0.1) is 49.1 Å². The average molecular weight is 864 g/mol. The maximum atomic E-state index is 12.0. The van der Waals surface area contributed by atoms with E-state index in [9.17, 15) is 5.11 Å². The van der Waals surface area contributed by atoms with Gasteiger partial charge in [-0.05, 0) is 80.9 Å². The van der Waals surface area contributed by atoms with Crippen LogP contribution in [0.4, 0.5) is 0 Å². The number of hydrogen-bond donors (Lipinski definition) is 1. The highest BCUT2D eigenvalue weighted by Crippen LogP contribution is 2.46. The van der Waals surface area contributed by atoms with Gasteiger partial charge in [0.15, 0.2) is 0 Å². The van der Waals surface area contributed by atoms with Crippen LogP contribution in [0.25, 0.3) is 0 Å². The molecular formula is C49H48BrClO7. The topological polar surface area (TPSA) is 75.6 Å². The van der Waals surface area contributed by atoms with Gasteiger partial charge in [0.1, 0.15) is 42.0 Å². The van der Waals surface area contributed by atoms with Crippen LogP contribution in [0.15, 0.2) is 156 Å². The largest absolute Gasteiger partial charge is 0.506 e. The van der Waals surface area contributed by atoms with Crippen molar-refractivity contribution in [2.75, 3.05) is 13.2 Å². The molecule has 0 radical (unpaired) electrons. The quantitative estimate of drug-likeness (QED) is 0.0922. The van der Waals surface area contributed by atoms with Crippen LogP contribution in [0.3, 0.4) is 0 Å². The Morgan fingerprint density at radius 3 is 1.60 bits per heavy atom. The molecule has 1 heterocycles. The first-order valence-corrected chi connectivity index (χ1v) is 20.8. The summed E-state index contributed by atoms with van der Waals surface area (Å²) in [6.45, 7) is 4.00. The maximum Gasteiger partial charge on any atom is 0.137 e. The van der Waals surface area contributed by atoms with Crippen LogP contribution in [-0.2, 0) is 56.5 Å². The van der Waals surface area contributed by atoms with E-state index in [-0.39, 0.29) is 19.0 Å². The smallest absolute Gasteiger partial charge is 0.137 e.